The Morgan fingerprint density at radius 1 is 1.23 bits per heavy atom. The number of hydrogen-bond acceptors (Lipinski definition) is 8. The number of carboxylic acid groups (broad SMARTS) is 1. The summed E-state index contributed by atoms with van der Waals surface area (Å²) in [5, 5.41) is 48.2. The molecule has 0 bridgehead atoms. The van der Waals surface area contributed by atoms with Crippen molar-refractivity contribution in [2.24, 2.45) is 0 Å². The molecule has 2 rings (SSSR count). The van der Waals surface area contributed by atoms with Crippen molar-refractivity contribution in [2.75, 3.05) is 7.11 Å². The topological polar surface area (TPSA) is 154 Å². The van der Waals surface area contributed by atoms with Crippen molar-refractivity contribution in [3.05, 3.63) is 29.8 Å². The number of phenols is 1. The summed E-state index contributed by atoms with van der Waals surface area (Å²) < 4.78 is 9.92. The number of esters is 1. The third-order valence-electron chi connectivity index (χ3n) is 4.12. The standard InChI is InChI=1S/C17H20O9/c1-25-13-6-9(2-4-10(13)18)3-5-14(21)26-15-11(19)7-17(24,16(22)23)8-12(15)20/h2-6,11-12,15,18-20,24H,7-8H2,1H3,(H,22,23)/b5-3+/t11-,12?,15?,17?/m1/s1. The summed E-state index contributed by atoms with van der Waals surface area (Å²) >= 11 is 0. The predicted octanol–water partition coefficient (Wildman–Crippen LogP) is -0.343. The summed E-state index contributed by atoms with van der Waals surface area (Å²) in [5.41, 5.74) is -1.75. The first-order valence-electron chi connectivity index (χ1n) is 7.74. The Balaban J connectivity index is 2.02. The van der Waals surface area contributed by atoms with Gasteiger partial charge in [0.2, 0.25) is 0 Å². The minimum absolute atomic E-state index is 0.0633. The number of aromatic hydroxyl groups is 1. The fourth-order valence-electron chi connectivity index (χ4n) is 2.73. The third kappa shape index (κ3) is 4.31. The van der Waals surface area contributed by atoms with E-state index in [1.807, 2.05) is 0 Å². The van der Waals surface area contributed by atoms with Gasteiger partial charge in [0.1, 0.15) is 0 Å². The molecule has 4 atom stereocenters. The number of benzene rings is 1. The largest absolute Gasteiger partial charge is 0.504 e. The highest BCUT2D eigenvalue weighted by Gasteiger charge is 2.50. The van der Waals surface area contributed by atoms with Crippen LogP contribution in [0.15, 0.2) is 24.3 Å². The lowest BCUT2D eigenvalue weighted by Crippen LogP contribution is -2.57. The maximum Gasteiger partial charge on any atom is 0.335 e. The van der Waals surface area contributed by atoms with E-state index >= 15 is 0 Å². The number of aliphatic carboxylic acids is 1. The zero-order chi connectivity index (χ0) is 19.5. The Bertz CT molecular complexity index is 700. The maximum absolute atomic E-state index is 11.9. The van der Waals surface area contributed by atoms with Gasteiger partial charge in [-0.15, -0.1) is 0 Å². The smallest absolute Gasteiger partial charge is 0.335 e. The van der Waals surface area contributed by atoms with E-state index in [4.69, 9.17) is 14.6 Å². The zero-order valence-corrected chi connectivity index (χ0v) is 13.9. The van der Waals surface area contributed by atoms with Crippen LogP contribution in [0.4, 0.5) is 0 Å². The van der Waals surface area contributed by atoms with Gasteiger partial charge in [0.15, 0.2) is 23.2 Å². The highest BCUT2D eigenvalue weighted by molar-refractivity contribution is 5.87. The molecule has 1 aromatic carbocycles. The van der Waals surface area contributed by atoms with Crippen molar-refractivity contribution < 1.29 is 44.6 Å². The lowest BCUT2D eigenvalue weighted by atomic mass is 9.79. The van der Waals surface area contributed by atoms with E-state index in [-0.39, 0.29) is 11.5 Å². The van der Waals surface area contributed by atoms with Crippen LogP contribution in [0.1, 0.15) is 18.4 Å². The molecule has 5 N–H and O–H groups in total. The Kier molecular flexibility index (Phi) is 5.86. The molecule has 0 aliphatic heterocycles. The normalized spacial score (nSPS) is 28.7. The molecule has 9 heteroatoms. The van der Waals surface area contributed by atoms with Gasteiger partial charge in [0.25, 0.3) is 0 Å². The molecule has 0 heterocycles. The van der Waals surface area contributed by atoms with E-state index in [0.29, 0.717) is 5.56 Å². The minimum atomic E-state index is -2.28. The number of rotatable bonds is 5. The Hall–Kier alpha value is -2.62. The molecule has 0 spiro atoms. The number of ether oxygens (including phenoxy) is 2. The van der Waals surface area contributed by atoms with Gasteiger partial charge in [-0.25, -0.2) is 9.59 Å². The van der Waals surface area contributed by atoms with Gasteiger partial charge in [-0.3, -0.25) is 0 Å². The first-order valence-corrected chi connectivity index (χ1v) is 7.74. The molecule has 0 radical (unpaired) electrons. The van der Waals surface area contributed by atoms with E-state index in [9.17, 15) is 30.0 Å². The van der Waals surface area contributed by atoms with Crippen LogP contribution in [-0.4, -0.2) is 68.5 Å². The van der Waals surface area contributed by atoms with Crippen molar-refractivity contribution in [2.45, 2.75) is 36.8 Å². The summed E-state index contributed by atoms with van der Waals surface area (Å²) in [4.78, 5) is 22.9. The Labute approximate surface area is 148 Å². The van der Waals surface area contributed by atoms with Gasteiger partial charge < -0.3 is 35.0 Å². The lowest BCUT2D eigenvalue weighted by molar-refractivity contribution is -0.196. The van der Waals surface area contributed by atoms with Crippen LogP contribution in [0.5, 0.6) is 11.5 Å². The summed E-state index contributed by atoms with van der Waals surface area (Å²) in [6.07, 6.45) is -3.16. The molecule has 1 aromatic rings. The van der Waals surface area contributed by atoms with Crippen molar-refractivity contribution in [3.63, 3.8) is 0 Å². The first-order chi connectivity index (χ1) is 12.2. The predicted molar refractivity (Wildman–Crippen MR) is 87.4 cm³/mol. The molecule has 0 aromatic heterocycles. The van der Waals surface area contributed by atoms with Crippen molar-refractivity contribution in [1.29, 1.82) is 0 Å². The van der Waals surface area contributed by atoms with E-state index in [2.05, 4.69) is 0 Å². The van der Waals surface area contributed by atoms with Gasteiger partial charge in [0, 0.05) is 18.9 Å². The van der Waals surface area contributed by atoms with Crippen LogP contribution in [0.3, 0.4) is 0 Å². The van der Waals surface area contributed by atoms with Crippen LogP contribution < -0.4 is 4.74 Å². The number of phenolic OH excluding ortho intramolecular Hbond substituents is 1. The quantitative estimate of drug-likeness (QED) is 0.347. The molecule has 9 nitrogen and oxygen atoms in total. The fourth-order valence-corrected chi connectivity index (χ4v) is 2.73. The average molecular weight is 368 g/mol. The summed E-state index contributed by atoms with van der Waals surface area (Å²) in [6.45, 7) is 0. The number of aliphatic hydroxyl groups is 3. The second-order valence-electron chi connectivity index (χ2n) is 6.05. The monoisotopic (exact) mass is 368 g/mol. The third-order valence-corrected chi connectivity index (χ3v) is 4.12. The Morgan fingerprint density at radius 3 is 2.38 bits per heavy atom. The lowest BCUT2D eigenvalue weighted by Gasteiger charge is -2.39. The highest BCUT2D eigenvalue weighted by atomic mass is 16.6. The van der Waals surface area contributed by atoms with Crippen LogP contribution in [0, 0.1) is 0 Å². The molecule has 1 saturated carbocycles. The van der Waals surface area contributed by atoms with Gasteiger partial charge in [-0.1, -0.05) is 6.07 Å². The number of carbonyl (C=O) groups excluding carboxylic acids is 1. The van der Waals surface area contributed by atoms with Crippen LogP contribution >= 0.6 is 0 Å². The first kappa shape index (κ1) is 19.7. The Morgan fingerprint density at radius 2 is 1.85 bits per heavy atom. The molecule has 0 saturated heterocycles. The van der Waals surface area contributed by atoms with Crippen LogP contribution in [-0.2, 0) is 14.3 Å². The molecule has 1 fully saturated rings. The SMILES string of the molecule is COc1cc(/C=C/C(=O)OC2C(O)CC(O)(C(=O)O)C[C@H]2O)ccc1O. The van der Waals surface area contributed by atoms with E-state index in [0.717, 1.165) is 6.08 Å². The zero-order valence-electron chi connectivity index (χ0n) is 13.9. The molecule has 142 valence electrons. The summed E-state index contributed by atoms with van der Waals surface area (Å²) in [6, 6.07) is 4.39. The second kappa shape index (κ2) is 7.73. The van der Waals surface area contributed by atoms with Gasteiger partial charge >= 0.3 is 11.9 Å². The van der Waals surface area contributed by atoms with Gasteiger partial charge in [0.05, 0.1) is 19.3 Å². The highest BCUT2D eigenvalue weighted by Crippen LogP contribution is 2.31. The molecule has 1 aliphatic carbocycles. The number of hydrogen-bond donors (Lipinski definition) is 5. The fraction of sp³-hybridized carbons (Fsp3) is 0.412. The average Bonchev–Trinajstić information content (AvgIpc) is 2.57. The molecule has 1 aliphatic rings. The summed E-state index contributed by atoms with van der Waals surface area (Å²) in [7, 11) is 1.38. The van der Waals surface area contributed by atoms with Crippen molar-refractivity contribution >= 4 is 18.0 Å². The molecular weight excluding hydrogens is 348 g/mol. The van der Waals surface area contributed by atoms with Gasteiger partial charge in [-0.05, 0) is 23.8 Å². The molecular formula is C17H20O9. The van der Waals surface area contributed by atoms with E-state index in [1.54, 1.807) is 0 Å². The number of carbonyl (C=O) groups is 2. The van der Waals surface area contributed by atoms with Crippen LogP contribution in [0.2, 0.25) is 0 Å². The van der Waals surface area contributed by atoms with Crippen molar-refractivity contribution in [1.82, 2.24) is 0 Å². The van der Waals surface area contributed by atoms with Crippen molar-refractivity contribution in [3.8, 4) is 11.5 Å². The minimum Gasteiger partial charge on any atom is -0.504 e. The number of carboxylic acids is 1. The van der Waals surface area contributed by atoms with Crippen LogP contribution in [0.25, 0.3) is 6.08 Å². The number of methoxy groups -OCH3 is 1. The molecule has 0 amide bonds. The second-order valence-corrected chi connectivity index (χ2v) is 6.05. The maximum atomic E-state index is 11.9. The molecule has 3 unspecified atom stereocenters. The molecule has 26 heavy (non-hydrogen) atoms. The van der Waals surface area contributed by atoms with Gasteiger partial charge in [-0.2, -0.15) is 0 Å². The number of aliphatic hydroxyl groups excluding tert-OH is 2. The van der Waals surface area contributed by atoms with E-state index in [1.165, 1.54) is 31.4 Å². The summed E-state index contributed by atoms with van der Waals surface area (Å²) in [5.74, 6) is -2.29. The van der Waals surface area contributed by atoms with E-state index < -0.39 is 48.7 Å².